The Morgan fingerprint density at radius 2 is 1.73 bits per heavy atom. The van der Waals surface area contributed by atoms with Crippen LogP contribution in [0.1, 0.15) is 45.6 Å². The largest absolute Gasteiger partial charge is 0.373 e. The van der Waals surface area contributed by atoms with Gasteiger partial charge in [0.25, 0.3) is 0 Å². The van der Waals surface area contributed by atoms with Crippen molar-refractivity contribution in [2.24, 2.45) is 5.92 Å². The summed E-state index contributed by atoms with van der Waals surface area (Å²) in [4.78, 5) is 35.2. The van der Waals surface area contributed by atoms with Crippen LogP contribution in [-0.4, -0.2) is 23.5 Å². The molecule has 0 radical (unpaired) electrons. The first-order valence-electron chi connectivity index (χ1n) is 7.64. The van der Waals surface area contributed by atoms with Crippen LogP contribution in [-0.2, 0) is 25.7 Å². The molecule has 0 amide bonds. The second-order valence-corrected chi connectivity index (χ2v) is 5.54. The number of carbonyl (C=O) groups excluding carboxylic acids is 3. The predicted octanol–water partition coefficient (Wildman–Crippen LogP) is 3.13. The average Bonchev–Trinajstić information content (AvgIpc) is 2.50. The molecule has 120 valence electrons. The lowest BCUT2D eigenvalue weighted by Crippen LogP contribution is -2.26. The van der Waals surface area contributed by atoms with Gasteiger partial charge >= 0.3 is 0 Å². The number of hydrogen-bond acceptors (Lipinski definition) is 4. The highest BCUT2D eigenvalue weighted by Crippen LogP contribution is 2.13. The monoisotopic (exact) mass is 304 g/mol. The molecule has 1 unspecified atom stereocenters. The first kappa shape index (κ1) is 18.2. The molecule has 0 aromatic heterocycles. The third-order valence-electron chi connectivity index (χ3n) is 3.55. The number of rotatable bonds is 10. The van der Waals surface area contributed by atoms with E-state index in [4.69, 9.17) is 4.74 Å². The van der Waals surface area contributed by atoms with Gasteiger partial charge in [-0.25, -0.2) is 0 Å². The maximum atomic E-state index is 12.0. The minimum Gasteiger partial charge on any atom is -0.373 e. The van der Waals surface area contributed by atoms with Gasteiger partial charge in [0, 0.05) is 19.3 Å². The Labute approximate surface area is 131 Å². The molecule has 0 saturated heterocycles. The van der Waals surface area contributed by atoms with E-state index in [-0.39, 0.29) is 42.7 Å². The van der Waals surface area contributed by atoms with Gasteiger partial charge in [-0.3, -0.25) is 14.4 Å². The molecule has 1 rings (SSSR count). The fraction of sp³-hybridized carbons (Fsp3) is 0.500. The zero-order valence-corrected chi connectivity index (χ0v) is 13.5. The molecular weight excluding hydrogens is 280 g/mol. The molecule has 0 fully saturated rings. The SMILES string of the molecule is CCC(=O)C(CC(=O)C[C@H](C)OCc1ccccc1)C(C)=O. The third kappa shape index (κ3) is 6.31. The van der Waals surface area contributed by atoms with Gasteiger partial charge in [0.2, 0.25) is 0 Å². The van der Waals surface area contributed by atoms with E-state index in [2.05, 4.69) is 0 Å². The Morgan fingerprint density at radius 3 is 2.27 bits per heavy atom. The van der Waals surface area contributed by atoms with E-state index in [0.29, 0.717) is 6.61 Å². The number of ketones is 3. The van der Waals surface area contributed by atoms with Gasteiger partial charge in [-0.2, -0.15) is 0 Å². The van der Waals surface area contributed by atoms with Crippen molar-refractivity contribution < 1.29 is 19.1 Å². The lowest BCUT2D eigenvalue weighted by atomic mass is 9.91. The van der Waals surface area contributed by atoms with E-state index in [1.54, 1.807) is 6.92 Å². The van der Waals surface area contributed by atoms with Crippen molar-refractivity contribution in [3.8, 4) is 0 Å². The van der Waals surface area contributed by atoms with Gasteiger partial charge in [0.1, 0.15) is 17.3 Å². The van der Waals surface area contributed by atoms with Gasteiger partial charge in [0.05, 0.1) is 18.6 Å². The van der Waals surface area contributed by atoms with Crippen LogP contribution >= 0.6 is 0 Å². The summed E-state index contributed by atoms with van der Waals surface area (Å²) in [5, 5.41) is 0. The first-order valence-corrected chi connectivity index (χ1v) is 7.64. The van der Waals surface area contributed by atoms with Crippen molar-refractivity contribution in [2.75, 3.05) is 0 Å². The number of benzene rings is 1. The molecule has 22 heavy (non-hydrogen) atoms. The third-order valence-corrected chi connectivity index (χ3v) is 3.55. The molecule has 4 nitrogen and oxygen atoms in total. The summed E-state index contributed by atoms with van der Waals surface area (Å²) in [5.74, 6) is -1.31. The van der Waals surface area contributed by atoms with Gasteiger partial charge in [0.15, 0.2) is 0 Å². The second-order valence-electron chi connectivity index (χ2n) is 5.54. The molecule has 0 bridgehead atoms. The van der Waals surface area contributed by atoms with Crippen LogP contribution in [0, 0.1) is 5.92 Å². The van der Waals surface area contributed by atoms with Crippen LogP contribution in [0.2, 0.25) is 0 Å². The number of carbonyl (C=O) groups is 3. The number of hydrogen-bond donors (Lipinski definition) is 0. The van der Waals surface area contributed by atoms with Crippen molar-refractivity contribution in [1.29, 1.82) is 0 Å². The molecule has 0 aliphatic heterocycles. The fourth-order valence-electron chi connectivity index (χ4n) is 2.23. The molecule has 0 aliphatic carbocycles. The molecule has 0 saturated carbocycles. The zero-order valence-electron chi connectivity index (χ0n) is 13.5. The van der Waals surface area contributed by atoms with Gasteiger partial charge in [-0.15, -0.1) is 0 Å². The normalized spacial score (nSPS) is 13.4. The molecule has 1 aromatic carbocycles. The molecule has 2 atom stereocenters. The van der Waals surface area contributed by atoms with Crippen LogP contribution < -0.4 is 0 Å². The van der Waals surface area contributed by atoms with Crippen LogP contribution in [0.3, 0.4) is 0 Å². The molecule has 0 spiro atoms. The first-order chi connectivity index (χ1) is 10.4. The summed E-state index contributed by atoms with van der Waals surface area (Å²) in [5.41, 5.74) is 1.05. The average molecular weight is 304 g/mol. The van der Waals surface area contributed by atoms with E-state index < -0.39 is 5.92 Å². The van der Waals surface area contributed by atoms with Crippen molar-refractivity contribution in [3.63, 3.8) is 0 Å². The Kier molecular flexibility index (Phi) is 7.67. The molecule has 0 N–H and O–H groups in total. The van der Waals surface area contributed by atoms with E-state index in [1.807, 2.05) is 37.3 Å². The summed E-state index contributed by atoms with van der Waals surface area (Å²) >= 11 is 0. The highest BCUT2D eigenvalue weighted by Gasteiger charge is 2.25. The quantitative estimate of drug-likeness (QED) is 0.623. The van der Waals surface area contributed by atoms with Gasteiger partial charge in [-0.05, 0) is 19.4 Å². The topological polar surface area (TPSA) is 60.4 Å². The van der Waals surface area contributed by atoms with Crippen molar-refractivity contribution in [1.82, 2.24) is 0 Å². The lowest BCUT2D eigenvalue weighted by Gasteiger charge is -2.15. The minimum atomic E-state index is -0.793. The molecular formula is C18H24O4. The van der Waals surface area contributed by atoms with E-state index >= 15 is 0 Å². The van der Waals surface area contributed by atoms with E-state index in [9.17, 15) is 14.4 Å². The number of ether oxygens (including phenoxy) is 1. The van der Waals surface area contributed by atoms with Crippen molar-refractivity contribution in [2.45, 2.75) is 52.7 Å². The lowest BCUT2D eigenvalue weighted by molar-refractivity contribution is -0.136. The van der Waals surface area contributed by atoms with Crippen LogP contribution in [0.4, 0.5) is 0 Å². The van der Waals surface area contributed by atoms with Crippen LogP contribution in [0.5, 0.6) is 0 Å². The van der Waals surface area contributed by atoms with E-state index in [1.165, 1.54) is 6.92 Å². The summed E-state index contributed by atoms with van der Waals surface area (Å²) in [6.45, 7) is 5.33. The van der Waals surface area contributed by atoms with Gasteiger partial charge < -0.3 is 4.74 Å². The minimum absolute atomic E-state index is 0.0129. The number of Topliss-reactive ketones (excluding diaryl/α,β-unsaturated/α-hetero) is 3. The second kappa shape index (κ2) is 9.26. The van der Waals surface area contributed by atoms with E-state index in [0.717, 1.165) is 5.56 Å². The van der Waals surface area contributed by atoms with Crippen LogP contribution in [0.25, 0.3) is 0 Å². The Bertz CT molecular complexity index is 507. The summed E-state index contributed by atoms with van der Waals surface area (Å²) in [6.07, 6.45) is 0.240. The summed E-state index contributed by atoms with van der Waals surface area (Å²) in [6, 6.07) is 9.72. The smallest absolute Gasteiger partial charge is 0.143 e. The molecule has 0 aliphatic rings. The van der Waals surface area contributed by atoms with Crippen LogP contribution in [0.15, 0.2) is 30.3 Å². The zero-order chi connectivity index (χ0) is 16.5. The molecule has 4 heteroatoms. The summed E-state index contributed by atoms with van der Waals surface area (Å²) < 4.78 is 5.64. The standard InChI is InChI=1S/C18H24O4/c1-4-18(21)17(14(3)19)11-16(20)10-13(2)22-12-15-8-6-5-7-9-15/h5-9,13,17H,4,10-12H2,1-3H3/t13-,17?/m0/s1. The fourth-order valence-corrected chi connectivity index (χ4v) is 2.23. The maximum Gasteiger partial charge on any atom is 0.143 e. The Hall–Kier alpha value is -1.81. The Morgan fingerprint density at radius 1 is 1.09 bits per heavy atom. The Balaban J connectivity index is 2.43. The molecule has 0 heterocycles. The highest BCUT2D eigenvalue weighted by atomic mass is 16.5. The van der Waals surface area contributed by atoms with Gasteiger partial charge in [-0.1, -0.05) is 37.3 Å². The van der Waals surface area contributed by atoms with Crippen molar-refractivity contribution >= 4 is 17.3 Å². The predicted molar refractivity (Wildman–Crippen MR) is 84.4 cm³/mol. The summed E-state index contributed by atoms with van der Waals surface area (Å²) in [7, 11) is 0. The molecule has 1 aromatic rings. The highest BCUT2D eigenvalue weighted by molar-refractivity contribution is 6.04. The maximum absolute atomic E-state index is 12.0. The van der Waals surface area contributed by atoms with Crippen molar-refractivity contribution in [3.05, 3.63) is 35.9 Å².